The van der Waals surface area contributed by atoms with Gasteiger partial charge in [-0.1, -0.05) is 202 Å². The molecule has 3 heterocycles. The molecule has 1 saturated heterocycles. The fourth-order valence-electron chi connectivity index (χ4n) is 7.08. The predicted molar refractivity (Wildman–Crippen MR) is 542 cm³/mol. The minimum absolute atomic E-state index is 0. The molecular weight excluding hydrogens is 1940 g/mol. The highest BCUT2D eigenvalue weighted by molar-refractivity contribution is 5.87. The minimum Gasteiger partial charge on any atom is -0.481 e. The van der Waals surface area contributed by atoms with Crippen molar-refractivity contribution in [3.05, 3.63) is 328 Å². The zero-order chi connectivity index (χ0) is 113. The van der Waals surface area contributed by atoms with Gasteiger partial charge in [0, 0.05) is 210 Å². The van der Waals surface area contributed by atoms with E-state index in [2.05, 4.69) is 199 Å². The molecule has 6 rings (SSSR count). The number of aliphatic carboxylic acids is 2. The summed E-state index contributed by atoms with van der Waals surface area (Å²) in [6, 6.07) is 28.9. The summed E-state index contributed by atoms with van der Waals surface area (Å²) in [7, 11) is 3.87. The molecule has 72 nitrogen and oxygen atoms in total. The molecule has 72 heteroatoms. The number of aromatic nitrogens is 2. The van der Waals surface area contributed by atoms with Crippen LogP contribution >= 0.6 is 0 Å². The fourth-order valence-corrected chi connectivity index (χ4v) is 7.08. The Hall–Kier alpha value is -18.5. The van der Waals surface area contributed by atoms with E-state index in [-0.39, 0.29) is 56.9 Å². The van der Waals surface area contributed by atoms with E-state index < -0.39 is 73.8 Å². The lowest BCUT2D eigenvalue weighted by molar-refractivity contribution is -0.248. The molecule has 0 amide bonds. The van der Waals surface area contributed by atoms with Crippen LogP contribution in [0.2, 0.25) is 0 Å². The molecule has 1 aliphatic heterocycles. The number of azide groups is 17. The number of ketones is 2. The van der Waals surface area contributed by atoms with Gasteiger partial charge in [-0.25, -0.2) is 4.79 Å². The number of Topliss-reactive ketones (excluding diaryl/α,β-unsaturated/α-hetero) is 2. The smallest absolute Gasteiger partial charge is 0.335 e. The van der Waals surface area contributed by atoms with Gasteiger partial charge in [0.05, 0.1) is 50.6 Å². The number of aliphatic hydroxyl groups is 7. The zero-order valence-electron chi connectivity index (χ0n) is 81.2. The monoisotopic (exact) mass is 2060 g/mol. The maximum absolute atomic E-state index is 10.4. The molecule has 0 aliphatic carbocycles. The van der Waals surface area contributed by atoms with Crippen LogP contribution in [0.3, 0.4) is 0 Å². The maximum Gasteiger partial charge on any atom is 0.335 e. The summed E-state index contributed by atoms with van der Waals surface area (Å²) in [5.41, 5.74) is 141. The molecule has 5 aromatic rings. The number of aromatic carboxylic acids is 1. The van der Waals surface area contributed by atoms with Crippen molar-refractivity contribution >= 4 is 46.5 Å². The first-order valence-electron chi connectivity index (χ1n) is 41.4. The van der Waals surface area contributed by atoms with Crippen molar-refractivity contribution in [1.82, 2.24) is 19.8 Å². The second-order valence-corrected chi connectivity index (χ2v) is 25.1. The molecule has 0 radical (unpaired) electrons. The Kier molecular flexibility index (Phi) is 134. The lowest BCUT2D eigenvalue weighted by atomic mass is 9.98. The third-order valence-corrected chi connectivity index (χ3v) is 13.9. The average molecular weight is 2060 g/mol. The number of likely N-dealkylation sites (N-methyl/N-ethyl adjacent to an activating group) is 2. The number of carbonyl (C=O) groups excluding carboxylic acids is 2. The molecule has 8 atom stereocenters. The van der Waals surface area contributed by atoms with Crippen molar-refractivity contribution < 1.29 is 79.8 Å². The summed E-state index contributed by atoms with van der Waals surface area (Å²) < 4.78 is 4.71. The Labute approximate surface area is 839 Å². The topological polar surface area (TPSA) is 1180 Å². The SMILES string of the molecule is C.CC(=O)CCC(C)N=[N+]=[N-].CC(=O)CCCN=[N+]=[N-].CC(N=[N+]=[N-])C(=O)O.CCN(CC)CCN=[N+]=[N-].CCN=[N+]=[N-].CCN=[N+]=[N-].CN(C)CCN=[N+]=[N-].[N-]=[N+]=NC1C(O)OC(CO)C(O)C1O.[N-]=[N+]=NCC(=O)O.[N-]=[N+]=NCC(O)CO.[N-]=[N+]=NCCN.[N-]=[N+]=NCCO.[N-]=[N+]=NCc1ccccc1.[N-]=[N+]=NCc1ccncc1.[N-]=[N+]=Nc1ccc(C(=O)O)cc1.[N-]=[N+]=Nc1ccccc1.[N-]=[N+]=Nc1ccncc1. The van der Waals surface area contributed by atoms with Gasteiger partial charge in [0.1, 0.15) is 42.4 Å². The Bertz CT molecular complexity index is 4950. The van der Waals surface area contributed by atoms with Crippen LogP contribution in [-0.4, -0.2) is 275 Å². The number of rotatable bonds is 39. The number of carboxylic acid groups (broad SMARTS) is 3. The molecular formula is C75H122N56O16. The third-order valence-electron chi connectivity index (χ3n) is 13.9. The molecule has 0 saturated carbocycles. The minimum atomic E-state index is -1.53. The number of ether oxygens (including phenoxy) is 1. The summed E-state index contributed by atoms with van der Waals surface area (Å²) in [6.45, 7) is 20.7. The summed E-state index contributed by atoms with van der Waals surface area (Å²) >= 11 is 0. The van der Waals surface area contributed by atoms with Gasteiger partial charge in [-0.15, -0.1) is 0 Å². The van der Waals surface area contributed by atoms with E-state index in [1.54, 1.807) is 69.8 Å². The van der Waals surface area contributed by atoms with Crippen molar-refractivity contribution in [3.8, 4) is 0 Å². The summed E-state index contributed by atoms with van der Waals surface area (Å²) in [5, 5.41) is 140. The number of carbonyl (C=O) groups is 5. The number of carboxylic acids is 3. The Morgan fingerprint density at radius 1 is 0.463 bits per heavy atom. The van der Waals surface area contributed by atoms with Gasteiger partial charge < -0.3 is 80.9 Å². The Morgan fingerprint density at radius 2 is 0.871 bits per heavy atom. The van der Waals surface area contributed by atoms with Crippen molar-refractivity contribution in [1.29, 1.82) is 0 Å². The highest BCUT2D eigenvalue weighted by Crippen LogP contribution is 2.22. The second kappa shape index (κ2) is 128. The first-order chi connectivity index (χ1) is 70.0. The number of benzene rings is 3. The average Bonchev–Trinajstić information content (AvgIpc) is 0.817. The van der Waals surface area contributed by atoms with Crippen molar-refractivity contribution in [2.24, 2.45) is 92.7 Å². The first kappa shape index (κ1) is 154. The standard InChI is InChI=1S/C7H5N3O2.C7H7N3.C6H6N4.C6H14N4.C6H11N3O5.C6H11N3O.C6H5N3.C5H4N4.C5H9N3O.C4H10N4.C3H7N3O2.C3H5N3O2.C2H6N4.C2H3N3O2.C2H5N3O.2C2H5N3.CH4/c8-10-9-6-3-1-5(2-4-6)7(11)12;8-10-9-6-7-4-2-1-3-5-7;7-10-9-5-6-1-3-8-4-2-6;1-3-10(4-2)6-5-8-9-7;7-9-8-3-5(12)4(11)2(1-10)14-6(3)13;1-5(8-9-7)3-4-6(2)10;7-9-8-6-4-2-1-3-5-6;6-9-8-5-1-3-7-4-2-5;1-5(9)3-2-4-7-8-6;1-8(2)4-3-6-7-5;4-6-5-1-3(8)2-7;1-2(3(7)8)5-6-4;3-1-2-5-6-4;3-5-4-1-2(6)7;3-5-4-1-2-6;2*1-2-4-5-3;/h1-4H,(H,11,12);1-5H,6H2;1-4H,5H2;3-6H2,1-2H3;2-6,10-13H,1H2;5H,3-4H2,1-2H3;1-5H;1-4H;2-4H2,1H3;3-4H2,1-2H3;3,7-8H,1-2H2;2H,1H3,(H,7,8);1-3H2;1H2,(H,6,7);6H,1-2H2;2*2H2,1H3;1H4. The summed E-state index contributed by atoms with van der Waals surface area (Å²) in [6.07, 6.45) is 2.46. The van der Waals surface area contributed by atoms with E-state index >= 15 is 0 Å². The number of nitrogens with two attached hydrogens (primary N) is 1. The van der Waals surface area contributed by atoms with Crippen molar-refractivity contribution in [3.63, 3.8) is 0 Å². The Morgan fingerprint density at radius 3 is 1.20 bits per heavy atom. The van der Waals surface area contributed by atoms with Crippen LogP contribution in [0.15, 0.2) is 221 Å². The van der Waals surface area contributed by atoms with Crippen LogP contribution in [0.5, 0.6) is 0 Å². The van der Waals surface area contributed by atoms with Crippen LogP contribution in [0, 0.1) is 0 Å². The lowest BCUT2D eigenvalue weighted by Gasteiger charge is -2.37. The Balaban J connectivity index is -0.000000132. The summed E-state index contributed by atoms with van der Waals surface area (Å²) in [4.78, 5) is 105. The predicted octanol–water partition coefficient (Wildman–Crippen LogP) is 20.3. The van der Waals surface area contributed by atoms with E-state index in [0.29, 0.717) is 102 Å². The van der Waals surface area contributed by atoms with Crippen molar-refractivity contribution in [2.45, 2.75) is 150 Å². The van der Waals surface area contributed by atoms with Crippen LogP contribution in [0.1, 0.15) is 110 Å². The highest BCUT2D eigenvalue weighted by atomic mass is 16.6. The molecule has 0 bridgehead atoms. The molecule has 147 heavy (non-hydrogen) atoms. The number of pyridine rings is 2. The number of hydrogen-bond acceptors (Lipinski definition) is 35. The molecule has 798 valence electrons. The van der Waals surface area contributed by atoms with Gasteiger partial charge in [-0.3, -0.25) is 19.6 Å². The second-order valence-electron chi connectivity index (χ2n) is 25.1. The quantitative estimate of drug-likeness (QED) is 0.00753. The van der Waals surface area contributed by atoms with Gasteiger partial charge in [-0.05, 0) is 209 Å². The van der Waals surface area contributed by atoms with E-state index in [4.69, 9.17) is 140 Å². The maximum atomic E-state index is 10.4. The van der Waals surface area contributed by atoms with Crippen LogP contribution < -0.4 is 5.73 Å². The molecule has 1 fully saturated rings. The van der Waals surface area contributed by atoms with E-state index in [1.165, 1.54) is 45.0 Å². The molecule has 8 unspecified atom stereocenters. The van der Waals surface area contributed by atoms with Gasteiger partial charge in [0.2, 0.25) is 0 Å². The van der Waals surface area contributed by atoms with E-state index in [1.807, 2.05) is 79.7 Å². The number of hydrogen-bond donors (Lipinski definition) is 11. The largest absolute Gasteiger partial charge is 0.481 e. The van der Waals surface area contributed by atoms with Crippen LogP contribution in [0.25, 0.3) is 178 Å². The molecule has 2 aromatic heterocycles. The molecule has 0 spiro atoms. The molecule has 1 aliphatic rings. The summed E-state index contributed by atoms with van der Waals surface area (Å²) in [5.74, 6) is -2.94. The van der Waals surface area contributed by atoms with Gasteiger partial charge in [0.25, 0.3) is 0 Å². The normalized spacial score (nSPS) is 11.9. The van der Waals surface area contributed by atoms with Crippen molar-refractivity contribution in [2.75, 3.05) is 126 Å². The number of nitrogens with zero attached hydrogens (tertiary/aromatic N) is 55. The van der Waals surface area contributed by atoms with Crippen LogP contribution in [0.4, 0.5) is 17.1 Å². The number of aliphatic hydroxyl groups excluding tert-OH is 7. The fraction of sp³-hybridized carbons (Fsp3) is 0.560. The lowest BCUT2D eigenvalue weighted by Crippen LogP contribution is -2.57. The van der Waals surface area contributed by atoms with Gasteiger partial charge >= 0.3 is 17.9 Å². The molecule has 3 aromatic carbocycles. The molecule has 12 N–H and O–H groups in total. The van der Waals surface area contributed by atoms with Gasteiger partial charge in [-0.2, -0.15) is 0 Å². The zero-order valence-corrected chi connectivity index (χ0v) is 81.2. The first-order valence-corrected chi connectivity index (χ1v) is 41.4. The van der Waals surface area contributed by atoms with Crippen LogP contribution in [-0.2, 0) is 37.0 Å². The third kappa shape index (κ3) is 130. The van der Waals surface area contributed by atoms with Gasteiger partial charge in [0.15, 0.2) is 6.29 Å². The highest BCUT2D eigenvalue weighted by Gasteiger charge is 2.43. The van der Waals surface area contributed by atoms with E-state index in [0.717, 1.165) is 37.3 Å². The van der Waals surface area contributed by atoms with E-state index in [9.17, 15) is 39.3 Å².